The first-order valence-electron chi connectivity index (χ1n) is 8.20. The number of ether oxygens (including phenoxy) is 1. The largest absolute Gasteiger partial charge is 0.497 e. The van der Waals surface area contributed by atoms with E-state index in [1.54, 1.807) is 7.11 Å². The van der Waals surface area contributed by atoms with Crippen molar-refractivity contribution in [1.29, 1.82) is 0 Å². The Bertz CT molecular complexity index is 418. The normalized spacial score (nSPS) is 24.0. The number of rotatable bonds is 6. The molecular weight excluding hydrogens is 260 g/mol. The Morgan fingerprint density at radius 3 is 2.52 bits per heavy atom. The van der Waals surface area contributed by atoms with Gasteiger partial charge in [0.25, 0.3) is 0 Å². The summed E-state index contributed by atoms with van der Waals surface area (Å²) in [5.41, 5.74) is 7.35. The van der Waals surface area contributed by atoms with Gasteiger partial charge in [-0.1, -0.05) is 25.0 Å². The Morgan fingerprint density at radius 1 is 1.24 bits per heavy atom. The van der Waals surface area contributed by atoms with E-state index in [0.29, 0.717) is 18.0 Å². The molecule has 3 heteroatoms. The predicted molar refractivity (Wildman–Crippen MR) is 88.7 cm³/mol. The second kappa shape index (κ2) is 7.81. The van der Waals surface area contributed by atoms with Crippen LogP contribution in [0.15, 0.2) is 24.3 Å². The van der Waals surface area contributed by atoms with Crippen molar-refractivity contribution in [2.75, 3.05) is 20.7 Å². The lowest BCUT2D eigenvalue weighted by Crippen LogP contribution is -2.47. The molecule has 21 heavy (non-hydrogen) atoms. The Hall–Kier alpha value is -1.06. The highest BCUT2D eigenvalue weighted by atomic mass is 16.5. The third kappa shape index (κ3) is 4.21. The summed E-state index contributed by atoms with van der Waals surface area (Å²) in [6, 6.07) is 9.62. The van der Waals surface area contributed by atoms with E-state index in [-0.39, 0.29) is 0 Å². The minimum Gasteiger partial charge on any atom is -0.497 e. The molecular formula is C18H30N2O. The highest BCUT2D eigenvalue weighted by Crippen LogP contribution is 2.28. The smallest absolute Gasteiger partial charge is 0.118 e. The van der Waals surface area contributed by atoms with Crippen LogP contribution in [0, 0.1) is 5.92 Å². The Labute approximate surface area is 129 Å². The van der Waals surface area contributed by atoms with Crippen LogP contribution in [-0.2, 0) is 6.42 Å². The second-order valence-electron chi connectivity index (χ2n) is 6.41. The molecule has 0 radical (unpaired) electrons. The zero-order chi connectivity index (χ0) is 15.2. The first-order valence-corrected chi connectivity index (χ1v) is 8.20. The molecule has 0 saturated heterocycles. The van der Waals surface area contributed by atoms with E-state index in [2.05, 4.69) is 31.0 Å². The van der Waals surface area contributed by atoms with Gasteiger partial charge in [-0.3, -0.25) is 0 Å². The van der Waals surface area contributed by atoms with Crippen LogP contribution in [0.3, 0.4) is 0 Å². The van der Waals surface area contributed by atoms with Crippen LogP contribution in [0.25, 0.3) is 0 Å². The van der Waals surface area contributed by atoms with Crippen molar-refractivity contribution in [3.05, 3.63) is 29.8 Å². The number of likely N-dealkylation sites (N-methyl/N-ethyl adjacent to an activating group) is 1. The zero-order valence-corrected chi connectivity index (χ0v) is 13.7. The lowest BCUT2D eigenvalue weighted by Gasteiger charge is -2.40. The van der Waals surface area contributed by atoms with Crippen molar-refractivity contribution < 1.29 is 4.74 Å². The number of hydrogen-bond donors (Lipinski definition) is 1. The minimum absolute atomic E-state index is 0.538. The summed E-state index contributed by atoms with van der Waals surface area (Å²) in [5, 5.41) is 0. The van der Waals surface area contributed by atoms with E-state index >= 15 is 0 Å². The third-order valence-electron chi connectivity index (χ3n) is 5.08. The molecule has 0 bridgehead atoms. The van der Waals surface area contributed by atoms with E-state index in [1.165, 1.54) is 31.2 Å². The number of methoxy groups -OCH3 is 1. The molecule has 3 unspecified atom stereocenters. The van der Waals surface area contributed by atoms with Gasteiger partial charge in [-0.25, -0.2) is 0 Å². The molecule has 0 heterocycles. The minimum atomic E-state index is 0.538. The summed E-state index contributed by atoms with van der Waals surface area (Å²) in [6.07, 6.45) is 6.36. The fraction of sp³-hybridized carbons (Fsp3) is 0.667. The molecule has 1 aliphatic carbocycles. The van der Waals surface area contributed by atoms with E-state index in [4.69, 9.17) is 10.5 Å². The molecule has 2 N–H and O–H groups in total. The van der Waals surface area contributed by atoms with Crippen molar-refractivity contribution in [2.24, 2.45) is 11.7 Å². The van der Waals surface area contributed by atoms with Gasteiger partial charge in [-0.2, -0.15) is 0 Å². The van der Waals surface area contributed by atoms with Crippen LogP contribution in [0.2, 0.25) is 0 Å². The van der Waals surface area contributed by atoms with Crippen LogP contribution in [-0.4, -0.2) is 37.7 Å². The SMILES string of the molecule is COc1ccc(CC(C)N(C)C2CCCCC2CN)cc1. The Balaban J connectivity index is 1.95. The number of hydrogen-bond acceptors (Lipinski definition) is 3. The Kier molecular flexibility index (Phi) is 6.07. The molecule has 118 valence electrons. The fourth-order valence-corrected chi connectivity index (χ4v) is 3.57. The summed E-state index contributed by atoms with van der Waals surface area (Å²) in [7, 11) is 3.98. The van der Waals surface area contributed by atoms with Gasteiger partial charge in [-0.15, -0.1) is 0 Å². The molecule has 1 fully saturated rings. The highest BCUT2D eigenvalue weighted by molar-refractivity contribution is 5.27. The van der Waals surface area contributed by atoms with Crippen molar-refractivity contribution in [1.82, 2.24) is 4.90 Å². The highest BCUT2D eigenvalue weighted by Gasteiger charge is 2.29. The van der Waals surface area contributed by atoms with Crippen LogP contribution < -0.4 is 10.5 Å². The maximum atomic E-state index is 5.98. The molecule has 1 aliphatic rings. The van der Waals surface area contributed by atoms with Gasteiger partial charge >= 0.3 is 0 Å². The van der Waals surface area contributed by atoms with Gasteiger partial charge < -0.3 is 15.4 Å². The quantitative estimate of drug-likeness (QED) is 0.875. The standard InChI is InChI=1S/C18H30N2O/c1-14(12-15-8-10-17(21-3)11-9-15)20(2)18-7-5-4-6-16(18)13-19/h8-11,14,16,18H,4-7,12-13,19H2,1-3H3. The van der Waals surface area contributed by atoms with Gasteiger partial charge in [0.15, 0.2) is 0 Å². The van der Waals surface area contributed by atoms with Crippen LogP contribution >= 0.6 is 0 Å². The molecule has 0 aliphatic heterocycles. The first-order chi connectivity index (χ1) is 10.2. The molecule has 2 rings (SSSR count). The number of nitrogens with two attached hydrogens (primary N) is 1. The molecule has 0 amide bonds. The van der Waals surface area contributed by atoms with E-state index in [1.807, 2.05) is 12.1 Å². The third-order valence-corrected chi connectivity index (χ3v) is 5.08. The molecule has 0 spiro atoms. The molecule has 1 aromatic rings. The molecule has 3 atom stereocenters. The average Bonchev–Trinajstić information content (AvgIpc) is 2.54. The average molecular weight is 290 g/mol. The lowest BCUT2D eigenvalue weighted by atomic mass is 9.83. The molecule has 3 nitrogen and oxygen atoms in total. The summed E-state index contributed by atoms with van der Waals surface area (Å²) in [6.45, 7) is 3.15. The summed E-state index contributed by atoms with van der Waals surface area (Å²) >= 11 is 0. The van der Waals surface area contributed by atoms with Gasteiger partial charge in [0.05, 0.1) is 7.11 Å². The summed E-state index contributed by atoms with van der Waals surface area (Å²) in [4.78, 5) is 2.56. The first kappa shape index (κ1) is 16.3. The van der Waals surface area contributed by atoms with Crippen molar-refractivity contribution in [2.45, 2.75) is 51.1 Å². The van der Waals surface area contributed by atoms with E-state index in [0.717, 1.165) is 18.7 Å². The van der Waals surface area contributed by atoms with Crippen LogP contribution in [0.1, 0.15) is 38.2 Å². The van der Waals surface area contributed by atoms with E-state index < -0.39 is 0 Å². The predicted octanol–water partition coefficient (Wildman–Crippen LogP) is 3.08. The summed E-state index contributed by atoms with van der Waals surface area (Å²) in [5.74, 6) is 1.59. The fourth-order valence-electron chi connectivity index (χ4n) is 3.57. The summed E-state index contributed by atoms with van der Waals surface area (Å²) < 4.78 is 5.22. The van der Waals surface area contributed by atoms with Crippen molar-refractivity contribution in [3.8, 4) is 5.75 Å². The lowest BCUT2D eigenvalue weighted by molar-refractivity contribution is 0.0988. The molecule has 1 aromatic carbocycles. The van der Waals surface area contributed by atoms with Crippen molar-refractivity contribution >= 4 is 0 Å². The second-order valence-corrected chi connectivity index (χ2v) is 6.41. The number of nitrogens with zero attached hydrogens (tertiary/aromatic N) is 1. The maximum absolute atomic E-state index is 5.98. The monoisotopic (exact) mass is 290 g/mol. The topological polar surface area (TPSA) is 38.5 Å². The molecule has 0 aromatic heterocycles. The van der Waals surface area contributed by atoms with Crippen molar-refractivity contribution in [3.63, 3.8) is 0 Å². The van der Waals surface area contributed by atoms with Crippen LogP contribution in [0.4, 0.5) is 0 Å². The van der Waals surface area contributed by atoms with Gasteiger partial charge in [0.2, 0.25) is 0 Å². The zero-order valence-electron chi connectivity index (χ0n) is 13.7. The maximum Gasteiger partial charge on any atom is 0.118 e. The van der Waals surface area contributed by atoms with Gasteiger partial charge in [-0.05, 0) is 63.4 Å². The van der Waals surface area contributed by atoms with Crippen LogP contribution in [0.5, 0.6) is 5.75 Å². The van der Waals surface area contributed by atoms with Gasteiger partial charge in [0, 0.05) is 12.1 Å². The molecule has 1 saturated carbocycles. The Morgan fingerprint density at radius 2 is 1.90 bits per heavy atom. The van der Waals surface area contributed by atoms with E-state index in [9.17, 15) is 0 Å². The number of benzene rings is 1. The van der Waals surface area contributed by atoms with Gasteiger partial charge in [0.1, 0.15) is 5.75 Å².